The molecule has 2 heterocycles. The molecule has 1 atom stereocenters. The van der Waals surface area contributed by atoms with Crippen molar-refractivity contribution in [1.29, 1.82) is 0 Å². The molecule has 0 fully saturated rings. The summed E-state index contributed by atoms with van der Waals surface area (Å²) >= 11 is 12.0. The molecule has 24 heavy (non-hydrogen) atoms. The van der Waals surface area contributed by atoms with Crippen LogP contribution in [0.2, 0.25) is 10.3 Å². The lowest BCUT2D eigenvalue weighted by Gasteiger charge is -2.15. The number of aliphatic hydroxyl groups is 1. The van der Waals surface area contributed by atoms with Crippen LogP contribution in [0, 0.1) is 5.82 Å². The van der Waals surface area contributed by atoms with Crippen molar-refractivity contribution >= 4 is 34.2 Å². The fourth-order valence-corrected chi connectivity index (χ4v) is 3.03. The Balaban J connectivity index is 2.33. The predicted octanol–water partition coefficient (Wildman–Crippen LogP) is 4.57. The van der Waals surface area contributed by atoms with Crippen LogP contribution >= 0.6 is 23.2 Å². The zero-order valence-electron chi connectivity index (χ0n) is 13.3. The van der Waals surface area contributed by atoms with Crippen molar-refractivity contribution in [1.82, 2.24) is 19.5 Å². The van der Waals surface area contributed by atoms with Crippen molar-refractivity contribution < 1.29 is 9.50 Å². The van der Waals surface area contributed by atoms with E-state index in [0.29, 0.717) is 22.6 Å². The Hall–Kier alpha value is -1.76. The lowest BCUT2D eigenvalue weighted by molar-refractivity contribution is 0.182. The van der Waals surface area contributed by atoms with Gasteiger partial charge in [-0.05, 0) is 44.5 Å². The number of imidazole rings is 1. The molecular formula is C16H15Cl2FN4O. The molecule has 1 aromatic carbocycles. The summed E-state index contributed by atoms with van der Waals surface area (Å²) in [5.41, 5.74) is 1.56. The number of benzene rings is 1. The number of aliphatic hydroxyl groups excluding tert-OH is 1. The van der Waals surface area contributed by atoms with Gasteiger partial charge in [-0.1, -0.05) is 11.6 Å². The van der Waals surface area contributed by atoms with E-state index in [4.69, 9.17) is 23.2 Å². The minimum atomic E-state index is -0.820. The van der Waals surface area contributed by atoms with E-state index in [0.717, 1.165) is 0 Å². The molecule has 0 aliphatic rings. The fourth-order valence-electron chi connectivity index (χ4n) is 2.69. The number of hydrogen-bond acceptors (Lipinski definition) is 4. The monoisotopic (exact) mass is 368 g/mol. The molecule has 3 aromatic rings. The Morgan fingerprint density at radius 2 is 1.88 bits per heavy atom. The van der Waals surface area contributed by atoms with Gasteiger partial charge in [0.25, 0.3) is 0 Å². The van der Waals surface area contributed by atoms with Crippen molar-refractivity contribution in [3.63, 3.8) is 0 Å². The SMILES string of the molecule is CC(C)n1c([C@@H](C)O)nc2c(F)cc(-c3nc(Cl)ncc3Cl)cc21. The molecule has 0 unspecified atom stereocenters. The summed E-state index contributed by atoms with van der Waals surface area (Å²) in [6.45, 7) is 5.47. The van der Waals surface area contributed by atoms with Gasteiger partial charge in [0, 0.05) is 11.6 Å². The number of nitrogens with zero attached hydrogens (tertiary/aromatic N) is 4. The minimum absolute atomic E-state index is 0.0151. The molecule has 126 valence electrons. The summed E-state index contributed by atoms with van der Waals surface area (Å²) in [6, 6.07) is 3.02. The van der Waals surface area contributed by atoms with Crippen LogP contribution < -0.4 is 0 Å². The lowest BCUT2D eigenvalue weighted by Crippen LogP contribution is -2.08. The highest BCUT2D eigenvalue weighted by molar-refractivity contribution is 6.33. The van der Waals surface area contributed by atoms with Crippen molar-refractivity contribution in [2.75, 3.05) is 0 Å². The zero-order chi connectivity index (χ0) is 17.6. The first-order valence-electron chi connectivity index (χ1n) is 7.37. The van der Waals surface area contributed by atoms with E-state index >= 15 is 0 Å². The van der Waals surface area contributed by atoms with Crippen LogP contribution in [-0.4, -0.2) is 24.6 Å². The molecule has 1 N–H and O–H groups in total. The topological polar surface area (TPSA) is 63.8 Å². The maximum atomic E-state index is 14.6. The normalized spacial score (nSPS) is 13.0. The fraction of sp³-hybridized carbons (Fsp3) is 0.312. The number of fused-ring (bicyclic) bond motifs is 1. The third-order valence-electron chi connectivity index (χ3n) is 3.65. The maximum Gasteiger partial charge on any atom is 0.222 e. The molecule has 8 heteroatoms. The van der Waals surface area contributed by atoms with E-state index in [2.05, 4.69) is 15.0 Å². The van der Waals surface area contributed by atoms with Gasteiger partial charge in [-0.3, -0.25) is 0 Å². The number of aromatic nitrogens is 4. The van der Waals surface area contributed by atoms with Crippen LogP contribution in [0.5, 0.6) is 0 Å². The molecule has 0 saturated heterocycles. The molecule has 0 aliphatic carbocycles. The third kappa shape index (κ3) is 2.85. The molecule has 3 rings (SSSR count). The van der Waals surface area contributed by atoms with Gasteiger partial charge in [0.05, 0.1) is 22.4 Å². The van der Waals surface area contributed by atoms with Gasteiger partial charge in [-0.2, -0.15) is 0 Å². The average Bonchev–Trinajstić information content (AvgIpc) is 2.90. The second-order valence-electron chi connectivity index (χ2n) is 5.77. The summed E-state index contributed by atoms with van der Waals surface area (Å²) < 4.78 is 16.4. The van der Waals surface area contributed by atoms with Crippen LogP contribution in [0.15, 0.2) is 18.3 Å². The summed E-state index contributed by atoms with van der Waals surface area (Å²) in [7, 11) is 0. The van der Waals surface area contributed by atoms with E-state index in [-0.39, 0.29) is 21.9 Å². The van der Waals surface area contributed by atoms with E-state index in [1.165, 1.54) is 12.3 Å². The Kier molecular flexibility index (Phi) is 4.46. The summed E-state index contributed by atoms with van der Waals surface area (Å²) in [4.78, 5) is 12.1. The van der Waals surface area contributed by atoms with Crippen molar-refractivity contribution in [3.05, 3.63) is 40.3 Å². The van der Waals surface area contributed by atoms with Crippen LogP contribution in [0.25, 0.3) is 22.3 Å². The second-order valence-corrected chi connectivity index (χ2v) is 6.52. The molecule has 0 amide bonds. The molecule has 0 aliphatic heterocycles. The highest BCUT2D eigenvalue weighted by Gasteiger charge is 2.21. The highest BCUT2D eigenvalue weighted by atomic mass is 35.5. The minimum Gasteiger partial charge on any atom is -0.385 e. The number of hydrogen-bond donors (Lipinski definition) is 1. The van der Waals surface area contributed by atoms with Gasteiger partial charge in [0.2, 0.25) is 5.28 Å². The molecule has 5 nitrogen and oxygen atoms in total. The van der Waals surface area contributed by atoms with E-state index in [9.17, 15) is 9.50 Å². The zero-order valence-corrected chi connectivity index (χ0v) is 14.8. The van der Waals surface area contributed by atoms with Gasteiger partial charge < -0.3 is 9.67 Å². The standard InChI is InChI=1S/C16H15Cl2FN4O/c1-7(2)23-12-5-9(13-10(17)6-20-16(18)22-13)4-11(19)14(12)21-15(23)8(3)24/h4-8,24H,1-3H3/t8-/m1/s1. The molecule has 0 radical (unpaired) electrons. The van der Waals surface area contributed by atoms with E-state index < -0.39 is 11.9 Å². The molecule has 0 saturated carbocycles. The Morgan fingerprint density at radius 1 is 1.17 bits per heavy atom. The third-order valence-corrected chi connectivity index (χ3v) is 4.11. The van der Waals surface area contributed by atoms with Crippen LogP contribution in [0.1, 0.15) is 38.7 Å². The van der Waals surface area contributed by atoms with Gasteiger partial charge in [-0.15, -0.1) is 0 Å². The van der Waals surface area contributed by atoms with Gasteiger partial charge in [0.15, 0.2) is 5.82 Å². The highest BCUT2D eigenvalue weighted by Crippen LogP contribution is 2.33. The molecule has 2 aromatic heterocycles. The van der Waals surface area contributed by atoms with Crippen LogP contribution in [0.4, 0.5) is 4.39 Å². The quantitative estimate of drug-likeness (QED) is 0.687. The second kappa shape index (κ2) is 6.27. The largest absolute Gasteiger partial charge is 0.385 e. The van der Waals surface area contributed by atoms with E-state index in [1.54, 1.807) is 17.6 Å². The Bertz CT molecular complexity index is 924. The lowest BCUT2D eigenvalue weighted by atomic mass is 10.1. The first-order valence-corrected chi connectivity index (χ1v) is 8.13. The Morgan fingerprint density at radius 3 is 2.50 bits per heavy atom. The number of rotatable bonds is 3. The van der Waals surface area contributed by atoms with Gasteiger partial charge in [0.1, 0.15) is 17.4 Å². The molecule has 0 bridgehead atoms. The van der Waals surface area contributed by atoms with Crippen LogP contribution in [-0.2, 0) is 0 Å². The summed E-state index contributed by atoms with van der Waals surface area (Å²) in [5.74, 6) is -0.113. The van der Waals surface area contributed by atoms with Crippen LogP contribution in [0.3, 0.4) is 0 Å². The Labute approximate surface area is 148 Å². The predicted molar refractivity (Wildman–Crippen MR) is 91.8 cm³/mol. The first kappa shape index (κ1) is 17.1. The van der Waals surface area contributed by atoms with Gasteiger partial charge in [-0.25, -0.2) is 19.3 Å². The van der Waals surface area contributed by atoms with Crippen molar-refractivity contribution in [2.45, 2.75) is 32.9 Å². The average molecular weight is 369 g/mol. The van der Waals surface area contributed by atoms with Crippen molar-refractivity contribution in [3.8, 4) is 11.3 Å². The first-order chi connectivity index (χ1) is 11.3. The van der Waals surface area contributed by atoms with E-state index in [1.807, 2.05) is 13.8 Å². The summed E-state index contributed by atoms with van der Waals surface area (Å²) in [5, 5.41) is 10.2. The summed E-state index contributed by atoms with van der Waals surface area (Å²) in [6.07, 6.45) is 0.551. The van der Waals surface area contributed by atoms with Crippen molar-refractivity contribution in [2.24, 2.45) is 0 Å². The van der Waals surface area contributed by atoms with Gasteiger partial charge >= 0.3 is 0 Å². The molecular weight excluding hydrogens is 354 g/mol. The smallest absolute Gasteiger partial charge is 0.222 e. The maximum absolute atomic E-state index is 14.6. The number of halogens is 3. The molecule has 0 spiro atoms.